The summed E-state index contributed by atoms with van der Waals surface area (Å²) in [6.45, 7) is 11.6. The summed E-state index contributed by atoms with van der Waals surface area (Å²) in [6, 6.07) is -0.795. The number of hydrogen-bond donors (Lipinski definition) is 2. The first kappa shape index (κ1) is 14.6. The van der Waals surface area contributed by atoms with E-state index in [1.165, 1.54) is 6.92 Å². The fourth-order valence-electron chi connectivity index (χ4n) is 2.07. The summed E-state index contributed by atoms with van der Waals surface area (Å²) in [4.78, 5) is 11.2. The van der Waals surface area contributed by atoms with Crippen LogP contribution in [0.1, 0.15) is 27.7 Å². The van der Waals surface area contributed by atoms with Crippen LogP contribution in [-0.4, -0.2) is 47.4 Å². The minimum Gasteiger partial charge on any atom is -0.480 e. The molecular formula is C10H23NO3Si. The number of nitrogens with zero attached hydrogens (tertiary/aromatic N) is 1. The second kappa shape index (κ2) is 5.09. The Hall–Kier alpha value is -0.393. The van der Waals surface area contributed by atoms with Gasteiger partial charge in [-0.05, 0) is 27.7 Å². The Morgan fingerprint density at radius 3 is 1.80 bits per heavy atom. The van der Waals surface area contributed by atoms with Crippen LogP contribution in [0, 0.1) is 0 Å². The van der Waals surface area contributed by atoms with E-state index in [0.29, 0.717) is 0 Å². The minimum absolute atomic E-state index is 0.222. The van der Waals surface area contributed by atoms with Gasteiger partial charge in [0.1, 0.15) is 15.0 Å². The smallest absolute Gasteiger partial charge is 0.322 e. The molecule has 15 heavy (non-hydrogen) atoms. The molecule has 0 aliphatic heterocycles. The molecule has 0 saturated carbocycles. The van der Waals surface area contributed by atoms with Crippen LogP contribution >= 0.6 is 0 Å². The average molecular weight is 233 g/mol. The Kier molecular flexibility index (Phi) is 4.96. The molecular weight excluding hydrogens is 210 g/mol. The highest BCUT2D eigenvalue weighted by molar-refractivity contribution is 6.53. The molecule has 90 valence electrons. The van der Waals surface area contributed by atoms with Gasteiger partial charge in [0, 0.05) is 5.54 Å². The number of aliphatic carboxylic acids is 1. The van der Waals surface area contributed by atoms with Gasteiger partial charge in [-0.2, -0.15) is 0 Å². The van der Waals surface area contributed by atoms with Crippen molar-refractivity contribution >= 4 is 14.9 Å². The fraction of sp³-hybridized carbons (Fsp3) is 0.900. The molecule has 0 amide bonds. The third-order valence-corrected chi connectivity index (χ3v) is 4.55. The van der Waals surface area contributed by atoms with Crippen LogP contribution in [0.5, 0.6) is 0 Å². The zero-order valence-electron chi connectivity index (χ0n) is 10.5. The van der Waals surface area contributed by atoms with Gasteiger partial charge >= 0.3 is 5.97 Å². The lowest BCUT2D eigenvalue weighted by atomic mass is 10.0. The quantitative estimate of drug-likeness (QED) is 0.708. The number of hydrogen-bond acceptors (Lipinski definition) is 3. The van der Waals surface area contributed by atoms with Gasteiger partial charge in [-0.15, -0.1) is 0 Å². The van der Waals surface area contributed by atoms with E-state index in [1.54, 1.807) is 0 Å². The van der Waals surface area contributed by atoms with Gasteiger partial charge in [0.15, 0.2) is 0 Å². The van der Waals surface area contributed by atoms with Crippen LogP contribution in [0.4, 0.5) is 0 Å². The second-order valence-corrected chi connectivity index (χ2v) is 7.94. The van der Waals surface area contributed by atoms with Gasteiger partial charge < -0.3 is 14.8 Å². The number of aliphatic hydroxyl groups excluding tert-OH is 1. The van der Waals surface area contributed by atoms with Crippen LogP contribution in [-0.2, 0) is 4.79 Å². The number of carbonyl (C=O) groups is 1. The molecule has 2 N–H and O–H groups in total. The number of carboxylic acid groups (broad SMARTS) is 1. The SMILES string of the molecule is CC(O)C(C(=O)O)N([SiH](C)C)C(C)(C)C. The number of aliphatic hydroxyl groups is 1. The Labute approximate surface area is 93.6 Å². The monoisotopic (exact) mass is 233 g/mol. The van der Waals surface area contributed by atoms with Crippen molar-refractivity contribution in [1.82, 2.24) is 4.57 Å². The molecule has 5 heteroatoms. The number of carboxylic acids is 1. The first-order valence-corrected chi connectivity index (χ1v) is 8.11. The minimum atomic E-state index is -1.29. The summed E-state index contributed by atoms with van der Waals surface area (Å²) in [7, 11) is -1.29. The second-order valence-electron chi connectivity index (χ2n) is 5.20. The molecule has 0 saturated heterocycles. The molecule has 0 spiro atoms. The lowest BCUT2D eigenvalue weighted by molar-refractivity contribution is -0.147. The molecule has 4 nitrogen and oxygen atoms in total. The molecule has 2 atom stereocenters. The zero-order chi connectivity index (χ0) is 12.4. The van der Waals surface area contributed by atoms with Gasteiger partial charge in [0.2, 0.25) is 0 Å². The maximum atomic E-state index is 11.2. The highest BCUT2D eigenvalue weighted by atomic mass is 28.3. The Balaban J connectivity index is 5.12. The highest BCUT2D eigenvalue weighted by Crippen LogP contribution is 2.21. The van der Waals surface area contributed by atoms with Crippen LogP contribution in [0.25, 0.3) is 0 Å². The Morgan fingerprint density at radius 1 is 1.33 bits per heavy atom. The topological polar surface area (TPSA) is 60.8 Å². The molecule has 0 bridgehead atoms. The third kappa shape index (κ3) is 3.93. The van der Waals surface area contributed by atoms with Gasteiger partial charge in [0.25, 0.3) is 0 Å². The van der Waals surface area contributed by atoms with Crippen molar-refractivity contribution < 1.29 is 15.0 Å². The first-order chi connectivity index (χ1) is 6.59. The zero-order valence-corrected chi connectivity index (χ0v) is 11.6. The molecule has 0 radical (unpaired) electrons. The van der Waals surface area contributed by atoms with Crippen molar-refractivity contribution in [3.8, 4) is 0 Å². The predicted octanol–water partition coefficient (Wildman–Crippen LogP) is 0.904. The molecule has 0 aromatic carbocycles. The van der Waals surface area contributed by atoms with Crippen molar-refractivity contribution in [2.24, 2.45) is 0 Å². The van der Waals surface area contributed by atoms with Crippen molar-refractivity contribution in [1.29, 1.82) is 0 Å². The summed E-state index contributed by atoms with van der Waals surface area (Å²) < 4.78 is 1.96. The average Bonchev–Trinajstić information content (AvgIpc) is 1.94. The number of rotatable bonds is 4. The van der Waals surface area contributed by atoms with Crippen molar-refractivity contribution in [3.63, 3.8) is 0 Å². The summed E-state index contributed by atoms with van der Waals surface area (Å²) in [6.07, 6.45) is -0.850. The molecule has 0 heterocycles. The van der Waals surface area contributed by atoms with Crippen molar-refractivity contribution in [2.75, 3.05) is 0 Å². The van der Waals surface area contributed by atoms with E-state index in [4.69, 9.17) is 5.11 Å². The van der Waals surface area contributed by atoms with Crippen molar-refractivity contribution in [2.45, 2.75) is 58.5 Å². The van der Waals surface area contributed by atoms with Gasteiger partial charge in [-0.1, -0.05) is 13.1 Å². The summed E-state index contributed by atoms with van der Waals surface area (Å²) >= 11 is 0. The maximum Gasteiger partial charge on any atom is 0.322 e. The van der Waals surface area contributed by atoms with Crippen LogP contribution in [0.2, 0.25) is 13.1 Å². The summed E-state index contributed by atoms with van der Waals surface area (Å²) in [5.41, 5.74) is -0.222. The Bertz CT molecular complexity index is 223. The highest BCUT2D eigenvalue weighted by Gasteiger charge is 2.38. The maximum absolute atomic E-state index is 11.2. The summed E-state index contributed by atoms with van der Waals surface area (Å²) in [5.74, 6) is -0.943. The molecule has 0 aromatic heterocycles. The van der Waals surface area contributed by atoms with Gasteiger partial charge in [-0.25, -0.2) is 0 Å². The van der Waals surface area contributed by atoms with E-state index >= 15 is 0 Å². The van der Waals surface area contributed by atoms with Crippen LogP contribution in [0.3, 0.4) is 0 Å². The van der Waals surface area contributed by atoms with Crippen LogP contribution in [0.15, 0.2) is 0 Å². The normalized spacial score (nSPS) is 16.9. The third-order valence-electron chi connectivity index (χ3n) is 2.34. The van der Waals surface area contributed by atoms with Crippen molar-refractivity contribution in [3.05, 3.63) is 0 Å². The van der Waals surface area contributed by atoms with E-state index in [2.05, 4.69) is 13.1 Å². The van der Waals surface area contributed by atoms with E-state index in [1.807, 2.05) is 25.3 Å². The molecule has 0 rings (SSSR count). The van der Waals surface area contributed by atoms with Gasteiger partial charge in [-0.3, -0.25) is 4.79 Å². The first-order valence-electron chi connectivity index (χ1n) is 5.28. The lowest BCUT2D eigenvalue weighted by Gasteiger charge is -2.43. The summed E-state index contributed by atoms with van der Waals surface area (Å²) in [5, 5.41) is 18.7. The molecule has 0 aromatic rings. The standard InChI is InChI=1S/C10H23NO3Si/c1-7(12)8(9(13)14)11(15(5)6)10(2,3)4/h7-8,12,15H,1-6H3,(H,13,14). The van der Waals surface area contributed by atoms with Crippen LogP contribution < -0.4 is 0 Å². The van der Waals surface area contributed by atoms with Gasteiger partial charge in [0.05, 0.1) is 6.10 Å². The molecule has 0 aliphatic carbocycles. The molecule has 0 aliphatic rings. The van der Waals surface area contributed by atoms with E-state index in [9.17, 15) is 9.90 Å². The predicted molar refractivity (Wildman–Crippen MR) is 63.6 cm³/mol. The fourth-order valence-corrected chi connectivity index (χ4v) is 4.64. The van der Waals surface area contributed by atoms with E-state index in [-0.39, 0.29) is 5.54 Å². The van der Waals surface area contributed by atoms with E-state index in [0.717, 1.165) is 0 Å². The van der Waals surface area contributed by atoms with E-state index < -0.39 is 27.1 Å². The Morgan fingerprint density at radius 2 is 1.73 bits per heavy atom. The molecule has 0 fully saturated rings. The molecule has 2 unspecified atom stereocenters. The lowest BCUT2D eigenvalue weighted by Crippen LogP contribution is -2.60. The largest absolute Gasteiger partial charge is 0.480 e.